The molecule has 12 nitrogen and oxygen atoms in total. The highest BCUT2D eigenvalue weighted by Gasteiger charge is 2.30. The van der Waals surface area contributed by atoms with Gasteiger partial charge in [0.2, 0.25) is 0 Å². The predicted octanol–water partition coefficient (Wildman–Crippen LogP) is 2.11. The number of H-pyrrole nitrogens is 1. The quantitative estimate of drug-likeness (QED) is 0.367. The molecule has 2 amide bonds. The number of nitrogens with one attached hydrogen (secondary N) is 3. The normalized spacial score (nSPS) is 21.0. The summed E-state index contributed by atoms with van der Waals surface area (Å²) in [5.74, 6) is -0.0649. The minimum atomic E-state index is -0.498. The first-order valence-corrected chi connectivity index (χ1v) is 11.4. The number of benzene rings is 1. The Morgan fingerprint density at radius 3 is 2.83 bits per heavy atom. The first-order chi connectivity index (χ1) is 16.9. The zero-order chi connectivity index (χ0) is 24.8. The lowest BCUT2D eigenvalue weighted by Crippen LogP contribution is -2.40. The summed E-state index contributed by atoms with van der Waals surface area (Å²) in [6.07, 6.45) is 3.04. The van der Waals surface area contributed by atoms with Gasteiger partial charge in [-0.15, -0.1) is 0 Å². The topological polar surface area (TPSA) is 161 Å². The number of ether oxygens (including phenoxy) is 4. The molecule has 2 aromatic rings. The van der Waals surface area contributed by atoms with Crippen molar-refractivity contribution in [1.82, 2.24) is 15.5 Å². The minimum Gasteiger partial charge on any atom is -0.507 e. The van der Waals surface area contributed by atoms with Gasteiger partial charge in [-0.1, -0.05) is 0 Å². The van der Waals surface area contributed by atoms with Gasteiger partial charge in [-0.05, 0) is 25.7 Å². The molecule has 1 aliphatic heterocycles. The van der Waals surface area contributed by atoms with Crippen LogP contribution >= 0.6 is 0 Å². The second-order valence-corrected chi connectivity index (χ2v) is 8.42. The summed E-state index contributed by atoms with van der Waals surface area (Å²) >= 11 is 0. The van der Waals surface area contributed by atoms with Crippen LogP contribution in [-0.2, 0) is 14.3 Å². The average Bonchev–Trinajstić information content (AvgIpc) is 3.45. The summed E-state index contributed by atoms with van der Waals surface area (Å²) in [5, 5.41) is 22.3. The van der Waals surface area contributed by atoms with Gasteiger partial charge in [0.1, 0.15) is 23.4 Å². The van der Waals surface area contributed by atoms with Crippen LogP contribution < -0.4 is 20.1 Å². The number of carbonyl (C=O) groups excluding carboxylic acids is 3. The summed E-state index contributed by atoms with van der Waals surface area (Å²) in [4.78, 5) is 35.5. The molecule has 35 heavy (non-hydrogen) atoms. The van der Waals surface area contributed by atoms with Gasteiger partial charge < -0.3 is 34.7 Å². The number of rotatable bonds is 10. The standard InChI is InChI=1S/C23H28N4O8/c1-32-16-7-19(29)17(11-28)20(8-16)34-12-22(30)25-21-9-18(26-27-21)13-2-3-14(6-13)35-23(31)24-10-15-4-5-33-15/h7-9,11,13-15,29H,2-6,10,12H2,1H3,(H,24,31)(H2,25,26,27,30). The van der Waals surface area contributed by atoms with Gasteiger partial charge in [0, 0.05) is 43.0 Å². The number of hydrogen-bond acceptors (Lipinski definition) is 9. The molecule has 3 atom stereocenters. The fourth-order valence-corrected chi connectivity index (χ4v) is 4.04. The van der Waals surface area contributed by atoms with Crippen molar-refractivity contribution in [3.8, 4) is 17.2 Å². The van der Waals surface area contributed by atoms with Crippen LogP contribution in [0.2, 0.25) is 0 Å². The second kappa shape index (κ2) is 11.1. The van der Waals surface area contributed by atoms with Gasteiger partial charge in [0.05, 0.1) is 18.8 Å². The molecule has 2 heterocycles. The lowest BCUT2D eigenvalue weighted by atomic mass is 10.0. The molecule has 188 valence electrons. The first kappa shape index (κ1) is 24.3. The van der Waals surface area contributed by atoms with Crippen LogP contribution in [0.5, 0.6) is 17.2 Å². The lowest BCUT2D eigenvalue weighted by molar-refractivity contribution is -0.118. The fourth-order valence-electron chi connectivity index (χ4n) is 4.04. The fraction of sp³-hybridized carbons (Fsp3) is 0.478. The van der Waals surface area contributed by atoms with E-state index in [2.05, 4.69) is 20.8 Å². The molecule has 1 saturated heterocycles. The van der Waals surface area contributed by atoms with Crippen LogP contribution in [0, 0.1) is 0 Å². The largest absolute Gasteiger partial charge is 0.507 e. The van der Waals surface area contributed by atoms with Crippen molar-refractivity contribution >= 4 is 24.1 Å². The highest BCUT2D eigenvalue weighted by atomic mass is 16.6. The van der Waals surface area contributed by atoms with Gasteiger partial charge in [0.15, 0.2) is 18.7 Å². The number of aromatic hydroxyl groups is 1. The number of carbonyl (C=O) groups is 3. The molecule has 12 heteroatoms. The van der Waals surface area contributed by atoms with Gasteiger partial charge in [-0.25, -0.2) is 4.79 Å². The van der Waals surface area contributed by atoms with Crippen LogP contribution in [0.15, 0.2) is 18.2 Å². The predicted molar refractivity (Wildman–Crippen MR) is 122 cm³/mol. The molecule has 4 rings (SSSR count). The maximum Gasteiger partial charge on any atom is 0.407 e. The number of aromatic amines is 1. The van der Waals surface area contributed by atoms with E-state index < -0.39 is 18.6 Å². The molecule has 2 fully saturated rings. The van der Waals surface area contributed by atoms with E-state index in [1.807, 2.05) is 0 Å². The molecule has 1 aromatic heterocycles. The summed E-state index contributed by atoms with van der Waals surface area (Å²) in [6, 6.07) is 4.41. The van der Waals surface area contributed by atoms with Crippen molar-refractivity contribution in [2.24, 2.45) is 0 Å². The Morgan fingerprint density at radius 1 is 1.29 bits per heavy atom. The highest BCUT2D eigenvalue weighted by Crippen LogP contribution is 2.36. The van der Waals surface area contributed by atoms with Gasteiger partial charge >= 0.3 is 6.09 Å². The summed E-state index contributed by atoms with van der Waals surface area (Å²) < 4.78 is 21.2. The van der Waals surface area contributed by atoms with Gasteiger partial charge in [-0.2, -0.15) is 5.10 Å². The minimum absolute atomic E-state index is 0.0240. The molecule has 0 bridgehead atoms. The SMILES string of the molecule is COc1cc(O)c(C=O)c(OCC(=O)Nc2cc(C3CCC(OC(=O)NCC4CCO4)C3)[nH]n2)c1. The molecular weight excluding hydrogens is 460 g/mol. The Hall–Kier alpha value is -3.80. The first-order valence-electron chi connectivity index (χ1n) is 11.4. The number of anilines is 1. The molecule has 4 N–H and O–H groups in total. The Labute approximate surface area is 201 Å². The maximum absolute atomic E-state index is 12.3. The summed E-state index contributed by atoms with van der Waals surface area (Å²) in [6.45, 7) is 0.785. The summed E-state index contributed by atoms with van der Waals surface area (Å²) in [7, 11) is 1.40. The number of phenols is 1. The molecule has 1 aliphatic carbocycles. The third kappa shape index (κ3) is 6.21. The Balaban J connectivity index is 1.24. The van der Waals surface area contributed by atoms with E-state index in [1.165, 1.54) is 19.2 Å². The van der Waals surface area contributed by atoms with Crippen molar-refractivity contribution in [3.63, 3.8) is 0 Å². The third-order valence-corrected chi connectivity index (χ3v) is 6.04. The molecule has 0 radical (unpaired) electrons. The Bertz CT molecular complexity index is 1070. The molecule has 1 saturated carbocycles. The van der Waals surface area contributed by atoms with Crippen LogP contribution in [0.1, 0.15) is 47.7 Å². The zero-order valence-corrected chi connectivity index (χ0v) is 19.2. The van der Waals surface area contributed by atoms with Crippen LogP contribution in [0.25, 0.3) is 0 Å². The highest BCUT2D eigenvalue weighted by molar-refractivity contribution is 5.91. The number of hydrogen-bond donors (Lipinski definition) is 4. The molecule has 0 spiro atoms. The Kier molecular flexibility index (Phi) is 7.70. The van der Waals surface area contributed by atoms with E-state index >= 15 is 0 Å². The third-order valence-electron chi connectivity index (χ3n) is 6.04. The number of methoxy groups -OCH3 is 1. The van der Waals surface area contributed by atoms with E-state index in [9.17, 15) is 19.5 Å². The maximum atomic E-state index is 12.3. The van der Waals surface area contributed by atoms with E-state index in [4.69, 9.17) is 18.9 Å². The number of alkyl carbamates (subject to hydrolysis) is 1. The van der Waals surface area contributed by atoms with E-state index in [-0.39, 0.29) is 40.9 Å². The van der Waals surface area contributed by atoms with Gasteiger partial charge in [0.25, 0.3) is 5.91 Å². The second-order valence-electron chi connectivity index (χ2n) is 8.42. The van der Waals surface area contributed by atoms with Crippen molar-refractivity contribution in [1.29, 1.82) is 0 Å². The lowest BCUT2D eigenvalue weighted by Gasteiger charge is -2.26. The van der Waals surface area contributed by atoms with Crippen molar-refractivity contribution in [2.45, 2.75) is 43.8 Å². The number of aldehydes is 1. The zero-order valence-electron chi connectivity index (χ0n) is 19.2. The Morgan fingerprint density at radius 2 is 2.11 bits per heavy atom. The summed E-state index contributed by atoms with van der Waals surface area (Å²) in [5.41, 5.74) is 0.750. The van der Waals surface area contributed by atoms with Gasteiger partial charge in [-0.3, -0.25) is 14.7 Å². The van der Waals surface area contributed by atoms with Crippen molar-refractivity contribution in [3.05, 3.63) is 29.5 Å². The van der Waals surface area contributed by atoms with E-state index in [0.29, 0.717) is 25.1 Å². The number of aromatic nitrogens is 2. The smallest absolute Gasteiger partial charge is 0.407 e. The monoisotopic (exact) mass is 488 g/mol. The molecular formula is C23H28N4O8. The van der Waals surface area contributed by atoms with E-state index in [1.54, 1.807) is 6.07 Å². The molecule has 3 unspecified atom stereocenters. The van der Waals surface area contributed by atoms with Crippen molar-refractivity contribution < 1.29 is 38.4 Å². The molecule has 1 aromatic carbocycles. The van der Waals surface area contributed by atoms with Crippen molar-refractivity contribution in [2.75, 3.05) is 32.2 Å². The molecule has 2 aliphatic rings. The number of phenolic OH excluding ortho intramolecular Hbond substituents is 1. The van der Waals surface area contributed by atoms with E-state index in [0.717, 1.165) is 31.6 Å². The number of nitrogens with zero attached hydrogens (tertiary/aromatic N) is 1. The van der Waals surface area contributed by atoms with Crippen LogP contribution in [0.3, 0.4) is 0 Å². The van der Waals surface area contributed by atoms with Crippen LogP contribution in [0.4, 0.5) is 10.6 Å². The van der Waals surface area contributed by atoms with Crippen LogP contribution in [-0.4, -0.2) is 72.7 Å². The average molecular weight is 488 g/mol. The number of amides is 2.